The van der Waals surface area contributed by atoms with Crippen LogP contribution in [0.5, 0.6) is 0 Å². The summed E-state index contributed by atoms with van der Waals surface area (Å²) in [6.07, 6.45) is 3.19. The Morgan fingerprint density at radius 2 is 1.95 bits per heavy atom. The van der Waals surface area contributed by atoms with Crippen LogP contribution in [0.25, 0.3) is 0 Å². The van der Waals surface area contributed by atoms with E-state index in [1.54, 1.807) is 16.8 Å². The van der Waals surface area contributed by atoms with E-state index in [9.17, 15) is 8.42 Å². The van der Waals surface area contributed by atoms with Crippen LogP contribution in [0.4, 0.5) is 5.69 Å². The Morgan fingerprint density at radius 1 is 1.29 bits per heavy atom. The number of aromatic nitrogens is 2. The van der Waals surface area contributed by atoms with Gasteiger partial charge in [-0.3, -0.25) is 4.68 Å². The Bertz CT molecular complexity index is 763. The van der Waals surface area contributed by atoms with Crippen LogP contribution in [0.3, 0.4) is 0 Å². The first-order valence-electron chi connectivity index (χ1n) is 6.76. The molecular weight excluding hydrogens is 286 g/mol. The van der Waals surface area contributed by atoms with Gasteiger partial charge in [0.2, 0.25) is 0 Å². The maximum atomic E-state index is 11.7. The van der Waals surface area contributed by atoms with Gasteiger partial charge in [0.1, 0.15) is 0 Å². The standard InChI is InChI=1S/C15H21N3O2S/c1-10-6-7-13(21(5,19)20)8-15(10)16-11(2)14-9-18(4)17-12(14)3/h6-9,11,16H,1-5H3. The van der Waals surface area contributed by atoms with Crippen molar-refractivity contribution in [3.8, 4) is 0 Å². The molecule has 0 saturated heterocycles. The maximum Gasteiger partial charge on any atom is 0.175 e. The van der Waals surface area contributed by atoms with Gasteiger partial charge >= 0.3 is 0 Å². The molecule has 2 aromatic rings. The summed E-state index contributed by atoms with van der Waals surface area (Å²) in [6, 6.07) is 5.19. The zero-order valence-corrected chi connectivity index (χ0v) is 13.8. The second kappa shape index (κ2) is 5.52. The van der Waals surface area contributed by atoms with Gasteiger partial charge in [0.05, 0.1) is 16.6 Å². The number of benzene rings is 1. The number of hydrogen-bond donors (Lipinski definition) is 1. The van der Waals surface area contributed by atoms with Crippen molar-refractivity contribution in [1.82, 2.24) is 9.78 Å². The third-order valence-electron chi connectivity index (χ3n) is 3.53. The Kier molecular flexibility index (Phi) is 4.09. The molecule has 0 aliphatic heterocycles. The highest BCUT2D eigenvalue weighted by Gasteiger charge is 2.14. The molecule has 1 aromatic heterocycles. The number of hydrogen-bond acceptors (Lipinski definition) is 4. The average Bonchev–Trinajstić information content (AvgIpc) is 2.70. The fourth-order valence-corrected chi connectivity index (χ4v) is 2.99. The van der Waals surface area contributed by atoms with Gasteiger partial charge in [-0.2, -0.15) is 5.10 Å². The maximum absolute atomic E-state index is 11.7. The monoisotopic (exact) mass is 307 g/mol. The highest BCUT2D eigenvalue weighted by atomic mass is 32.2. The summed E-state index contributed by atoms with van der Waals surface area (Å²) in [7, 11) is -1.32. The molecule has 114 valence electrons. The molecule has 0 bridgehead atoms. The van der Waals surface area contributed by atoms with Crippen LogP contribution in [-0.2, 0) is 16.9 Å². The van der Waals surface area contributed by atoms with Crippen molar-refractivity contribution in [2.24, 2.45) is 7.05 Å². The largest absolute Gasteiger partial charge is 0.378 e. The van der Waals surface area contributed by atoms with Gasteiger partial charge in [0, 0.05) is 30.8 Å². The molecule has 1 unspecified atom stereocenters. The molecule has 21 heavy (non-hydrogen) atoms. The lowest BCUT2D eigenvalue weighted by Crippen LogP contribution is -2.09. The zero-order valence-electron chi connectivity index (χ0n) is 13.0. The Balaban J connectivity index is 2.33. The lowest BCUT2D eigenvalue weighted by molar-refractivity contribution is 0.602. The predicted octanol–water partition coefficient (Wildman–Crippen LogP) is 2.61. The van der Waals surface area contributed by atoms with E-state index >= 15 is 0 Å². The molecular formula is C15H21N3O2S. The van der Waals surface area contributed by atoms with E-state index in [1.165, 1.54) is 6.26 Å². The molecule has 0 aliphatic carbocycles. The highest BCUT2D eigenvalue weighted by molar-refractivity contribution is 7.90. The van der Waals surface area contributed by atoms with Gasteiger partial charge in [-0.25, -0.2) is 8.42 Å². The highest BCUT2D eigenvalue weighted by Crippen LogP contribution is 2.26. The molecule has 0 saturated carbocycles. The van der Waals surface area contributed by atoms with E-state index in [2.05, 4.69) is 10.4 Å². The third kappa shape index (κ3) is 3.44. The normalized spacial score (nSPS) is 13.2. The molecule has 0 aliphatic rings. The van der Waals surface area contributed by atoms with Crippen LogP contribution in [0, 0.1) is 13.8 Å². The number of aryl methyl sites for hydroxylation is 3. The molecule has 1 N–H and O–H groups in total. The molecule has 5 nitrogen and oxygen atoms in total. The van der Waals surface area contributed by atoms with Crippen molar-refractivity contribution in [3.05, 3.63) is 41.2 Å². The third-order valence-corrected chi connectivity index (χ3v) is 4.64. The summed E-state index contributed by atoms with van der Waals surface area (Å²) in [6.45, 7) is 5.96. The lowest BCUT2D eigenvalue weighted by atomic mass is 10.1. The van der Waals surface area contributed by atoms with Crippen LogP contribution in [-0.4, -0.2) is 24.5 Å². The average molecular weight is 307 g/mol. The number of sulfone groups is 1. The topological polar surface area (TPSA) is 64.0 Å². The minimum absolute atomic E-state index is 0.0483. The fourth-order valence-electron chi connectivity index (χ4n) is 2.34. The van der Waals surface area contributed by atoms with E-state index in [1.807, 2.05) is 40.1 Å². The first-order valence-corrected chi connectivity index (χ1v) is 8.65. The number of nitrogens with zero attached hydrogens (tertiary/aromatic N) is 2. The van der Waals surface area contributed by atoms with Crippen LogP contribution in [0.2, 0.25) is 0 Å². The van der Waals surface area contributed by atoms with Crippen LogP contribution in [0.1, 0.15) is 29.8 Å². The summed E-state index contributed by atoms with van der Waals surface area (Å²) < 4.78 is 25.1. The van der Waals surface area contributed by atoms with Crippen molar-refractivity contribution < 1.29 is 8.42 Å². The van der Waals surface area contributed by atoms with E-state index in [4.69, 9.17) is 0 Å². The van der Waals surface area contributed by atoms with Gasteiger partial charge in [-0.05, 0) is 38.5 Å². The SMILES string of the molecule is Cc1ccc(S(C)(=O)=O)cc1NC(C)c1cn(C)nc1C. The molecule has 2 rings (SSSR count). The van der Waals surface area contributed by atoms with Crippen molar-refractivity contribution in [3.63, 3.8) is 0 Å². The summed E-state index contributed by atoms with van der Waals surface area (Å²) in [5.74, 6) is 0. The second-order valence-corrected chi connectivity index (χ2v) is 7.47. The minimum atomic E-state index is -3.20. The minimum Gasteiger partial charge on any atom is -0.378 e. The molecule has 0 spiro atoms. The van der Waals surface area contributed by atoms with E-state index < -0.39 is 9.84 Å². The molecule has 0 amide bonds. The van der Waals surface area contributed by atoms with Crippen molar-refractivity contribution in [2.75, 3.05) is 11.6 Å². The molecule has 6 heteroatoms. The molecule has 0 radical (unpaired) electrons. The first-order chi connectivity index (χ1) is 9.68. The second-order valence-electron chi connectivity index (χ2n) is 5.46. The van der Waals surface area contributed by atoms with Crippen LogP contribution < -0.4 is 5.32 Å². The summed E-state index contributed by atoms with van der Waals surface area (Å²) in [4.78, 5) is 0.325. The first kappa shape index (κ1) is 15.6. The molecule has 0 fully saturated rings. The van der Waals surface area contributed by atoms with Crippen LogP contribution >= 0.6 is 0 Å². The molecule has 1 atom stereocenters. The van der Waals surface area contributed by atoms with Gasteiger partial charge < -0.3 is 5.32 Å². The van der Waals surface area contributed by atoms with Crippen molar-refractivity contribution in [1.29, 1.82) is 0 Å². The van der Waals surface area contributed by atoms with Gasteiger partial charge in [0.25, 0.3) is 0 Å². The summed E-state index contributed by atoms with van der Waals surface area (Å²) >= 11 is 0. The van der Waals surface area contributed by atoms with E-state index in [0.29, 0.717) is 4.90 Å². The van der Waals surface area contributed by atoms with Gasteiger partial charge in [-0.1, -0.05) is 6.07 Å². The smallest absolute Gasteiger partial charge is 0.175 e. The number of rotatable bonds is 4. The van der Waals surface area contributed by atoms with E-state index in [-0.39, 0.29) is 6.04 Å². The number of nitrogens with one attached hydrogen (secondary N) is 1. The lowest BCUT2D eigenvalue weighted by Gasteiger charge is -2.17. The van der Waals surface area contributed by atoms with Crippen molar-refractivity contribution >= 4 is 15.5 Å². The van der Waals surface area contributed by atoms with Crippen LogP contribution in [0.15, 0.2) is 29.3 Å². The van der Waals surface area contributed by atoms with Gasteiger partial charge in [0.15, 0.2) is 9.84 Å². The van der Waals surface area contributed by atoms with E-state index in [0.717, 1.165) is 22.5 Å². The Hall–Kier alpha value is -1.82. The summed E-state index contributed by atoms with van der Waals surface area (Å²) in [5, 5.41) is 7.71. The summed E-state index contributed by atoms with van der Waals surface area (Å²) in [5.41, 5.74) is 3.90. The van der Waals surface area contributed by atoms with Crippen molar-refractivity contribution in [2.45, 2.75) is 31.7 Å². The zero-order chi connectivity index (χ0) is 15.8. The number of anilines is 1. The predicted molar refractivity (Wildman–Crippen MR) is 84.3 cm³/mol. The molecule has 1 heterocycles. The Morgan fingerprint density at radius 3 is 2.48 bits per heavy atom. The quantitative estimate of drug-likeness (QED) is 0.943. The Labute approximate surface area is 125 Å². The fraction of sp³-hybridized carbons (Fsp3) is 0.400. The molecule has 1 aromatic carbocycles. The van der Waals surface area contributed by atoms with Gasteiger partial charge in [-0.15, -0.1) is 0 Å².